The van der Waals surface area contributed by atoms with E-state index in [0.29, 0.717) is 10.0 Å². The molecule has 1 unspecified atom stereocenters. The molecule has 0 amide bonds. The average molecular weight is 267 g/mol. The molecule has 0 saturated carbocycles. The molecule has 17 heavy (non-hydrogen) atoms. The Hall–Kier alpha value is -1.02. The van der Waals surface area contributed by atoms with Gasteiger partial charge in [-0.2, -0.15) is 0 Å². The van der Waals surface area contributed by atoms with Crippen molar-refractivity contribution in [2.24, 2.45) is 0 Å². The van der Waals surface area contributed by atoms with E-state index in [1.807, 2.05) is 37.3 Å². The number of aliphatic hydroxyl groups excluding tert-OH is 1. The second-order valence-corrected chi connectivity index (χ2v) is 4.76. The second-order valence-electron chi connectivity index (χ2n) is 3.91. The van der Waals surface area contributed by atoms with Crippen molar-refractivity contribution in [2.45, 2.75) is 13.0 Å². The van der Waals surface area contributed by atoms with Crippen LogP contribution in [0.5, 0.6) is 0 Å². The maximum Gasteiger partial charge on any atom is 0.104 e. The molecule has 0 aliphatic carbocycles. The minimum atomic E-state index is -0.701. The van der Waals surface area contributed by atoms with Crippen molar-refractivity contribution in [2.75, 3.05) is 0 Å². The lowest BCUT2D eigenvalue weighted by Gasteiger charge is -2.15. The lowest BCUT2D eigenvalue weighted by atomic mass is 9.97. The third kappa shape index (κ3) is 2.63. The Kier molecular flexibility index (Phi) is 3.72. The Labute approximate surface area is 111 Å². The first-order chi connectivity index (χ1) is 8.09. The van der Waals surface area contributed by atoms with Gasteiger partial charge in [0, 0.05) is 10.0 Å². The molecule has 0 bridgehead atoms. The van der Waals surface area contributed by atoms with E-state index in [1.165, 1.54) is 0 Å². The number of hydrogen-bond donors (Lipinski definition) is 1. The van der Waals surface area contributed by atoms with Crippen LogP contribution < -0.4 is 0 Å². The van der Waals surface area contributed by atoms with Gasteiger partial charge in [-0.15, -0.1) is 0 Å². The van der Waals surface area contributed by atoms with Gasteiger partial charge < -0.3 is 5.11 Å². The molecule has 1 nitrogen and oxygen atoms in total. The molecule has 2 rings (SSSR count). The molecule has 0 heterocycles. The number of hydrogen-bond acceptors (Lipinski definition) is 1. The summed E-state index contributed by atoms with van der Waals surface area (Å²) >= 11 is 11.9. The standard InChI is InChI=1S/C14H12Cl2O/c1-9-12(6-3-7-13(9)16)14(17)10-4-2-5-11(15)8-10/h2-8,14,17H,1H3. The average Bonchev–Trinajstić information content (AvgIpc) is 2.32. The van der Waals surface area contributed by atoms with Crippen molar-refractivity contribution in [1.29, 1.82) is 0 Å². The highest BCUT2D eigenvalue weighted by Gasteiger charge is 2.14. The van der Waals surface area contributed by atoms with E-state index in [-0.39, 0.29) is 0 Å². The molecule has 3 heteroatoms. The van der Waals surface area contributed by atoms with Gasteiger partial charge in [0.05, 0.1) is 0 Å². The Morgan fingerprint density at radius 1 is 1.06 bits per heavy atom. The number of rotatable bonds is 2. The van der Waals surface area contributed by atoms with E-state index in [2.05, 4.69) is 0 Å². The van der Waals surface area contributed by atoms with Crippen LogP contribution in [0.2, 0.25) is 10.0 Å². The zero-order valence-electron chi connectivity index (χ0n) is 9.32. The topological polar surface area (TPSA) is 20.2 Å². The van der Waals surface area contributed by atoms with Crippen molar-refractivity contribution in [3.63, 3.8) is 0 Å². The maximum atomic E-state index is 10.3. The minimum absolute atomic E-state index is 0.612. The molecular weight excluding hydrogens is 255 g/mol. The van der Waals surface area contributed by atoms with Gasteiger partial charge in [-0.1, -0.05) is 47.5 Å². The van der Waals surface area contributed by atoms with Gasteiger partial charge >= 0.3 is 0 Å². The maximum absolute atomic E-state index is 10.3. The van der Waals surface area contributed by atoms with Gasteiger partial charge in [0.25, 0.3) is 0 Å². The highest BCUT2D eigenvalue weighted by Crippen LogP contribution is 2.29. The van der Waals surface area contributed by atoms with Crippen molar-refractivity contribution in [1.82, 2.24) is 0 Å². The molecular formula is C14H12Cl2O. The number of aliphatic hydroxyl groups is 1. The van der Waals surface area contributed by atoms with Crippen LogP contribution in [0.3, 0.4) is 0 Å². The molecule has 0 radical (unpaired) electrons. The van der Waals surface area contributed by atoms with Gasteiger partial charge in [0.15, 0.2) is 0 Å². The van der Waals surface area contributed by atoms with E-state index in [9.17, 15) is 5.11 Å². The molecule has 0 fully saturated rings. The Morgan fingerprint density at radius 3 is 2.47 bits per heavy atom. The van der Waals surface area contributed by atoms with Crippen LogP contribution in [0, 0.1) is 6.92 Å². The first-order valence-corrected chi connectivity index (χ1v) is 6.03. The first-order valence-electron chi connectivity index (χ1n) is 5.28. The van der Waals surface area contributed by atoms with Crippen LogP contribution in [-0.4, -0.2) is 5.11 Å². The summed E-state index contributed by atoms with van der Waals surface area (Å²) in [5, 5.41) is 11.6. The van der Waals surface area contributed by atoms with Crippen LogP contribution in [0.1, 0.15) is 22.8 Å². The quantitative estimate of drug-likeness (QED) is 0.855. The van der Waals surface area contributed by atoms with E-state index in [0.717, 1.165) is 16.7 Å². The number of halogens is 2. The van der Waals surface area contributed by atoms with Crippen molar-refractivity contribution in [3.05, 3.63) is 69.2 Å². The van der Waals surface area contributed by atoms with E-state index >= 15 is 0 Å². The van der Waals surface area contributed by atoms with E-state index in [4.69, 9.17) is 23.2 Å². The van der Waals surface area contributed by atoms with E-state index < -0.39 is 6.10 Å². The summed E-state index contributed by atoms with van der Waals surface area (Å²) in [7, 11) is 0. The fourth-order valence-electron chi connectivity index (χ4n) is 1.78. The van der Waals surface area contributed by atoms with Gasteiger partial charge in [-0.25, -0.2) is 0 Å². The molecule has 0 saturated heterocycles. The van der Waals surface area contributed by atoms with Gasteiger partial charge in [-0.3, -0.25) is 0 Å². The summed E-state index contributed by atoms with van der Waals surface area (Å²) < 4.78 is 0. The molecule has 1 N–H and O–H groups in total. The third-order valence-electron chi connectivity index (χ3n) is 2.77. The van der Waals surface area contributed by atoms with Crippen molar-refractivity contribution < 1.29 is 5.11 Å². The predicted molar refractivity (Wildman–Crippen MR) is 71.7 cm³/mol. The summed E-state index contributed by atoms with van der Waals surface area (Å²) in [5.41, 5.74) is 2.46. The Morgan fingerprint density at radius 2 is 1.76 bits per heavy atom. The van der Waals surface area contributed by atoms with Crippen molar-refractivity contribution >= 4 is 23.2 Å². The molecule has 2 aromatic carbocycles. The predicted octanol–water partition coefficient (Wildman–Crippen LogP) is 4.38. The molecule has 0 aliphatic heterocycles. The van der Waals surface area contributed by atoms with Gasteiger partial charge in [0.2, 0.25) is 0 Å². The lowest BCUT2D eigenvalue weighted by molar-refractivity contribution is 0.219. The minimum Gasteiger partial charge on any atom is -0.384 e. The van der Waals surface area contributed by atoms with Crippen LogP contribution in [0.4, 0.5) is 0 Å². The monoisotopic (exact) mass is 266 g/mol. The SMILES string of the molecule is Cc1c(Cl)cccc1C(O)c1cccc(Cl)c1. The zero-order valence-corrected chi connectivity index (χ0v) is 10.8. The Balaban J connectivity index is 2.44. The van der Waals surface area contributed by atoms with Crippen LogP contribution in [0.25, 0.3) is 0 Å². The second kappa shape index (κ2) is 5.09. The van der Waals surface area contributed by atoms with Crippen LogP contribution >= 0.6 is 23.2 Å². The van der Waals surface area contributed by atoms with Crippen LogP contribution in [-0.2, 0) is 0 Å². The molecule has 88 valence electrons. The fraction of sp³-hybridized carbons (Fsp3) is 0.143. The molecule has 0 aliphatic rings. The summed E-state index contributed by atoms with van der Waals surface area (Å²) in [6.07, 6.45) is -0.701. The zero-order chi connectivity index (χ0) is 12.4. The highest BCUT2D eigenvalue weighted by atomic mass is 35.5. The third-order valence-corrected chi connectivity index (χ3v) is 3.41. The summed E-state index contributed by atoms with van der Waals surface area (Å²) in [5.74, 6) is 0. The number of benzene rings is 2. The molecule has 0 aromatic heterocycles. The highest BCUT2D eigenvalue weighted by molar-refractivity contribution is 6.31. The molecule has 0 spiro atoms. The van der Waals surface area contributed by atoms with Crippen LogP contribution in [0.15, 0.2) is 42.5 Å². The molecule has 1 atom stereocenters. The molecule has 2 aromatic rings. The lowest BCUT2D eigenvalue weighted by Crippen LogP contribution is -2.02. The van der Waals surface area contributed by atoms with Gasteiger partial charge in [0.1, 0.15) is 6.10 Å². The normalized spacial score (nSPS) is 12.5. The smallest absolute Gasteiger partial charge is 0.104 e. The van der Waals surface area contributed by atoms with Crippen molar-refractivity contribution in [3.8, 4) is 0 Å². The Bertz CT molecular complexity index is 537. The summed E-state index contributed by atoms with van der Waals surface area (Å²) in [6.45, 7) is 1.89. The van der Waals surface area contributed by atoms with Gasteiger partial charge in [-0.05, 0) is 41.8 Å². The fourth-order valence-corrected chi connectivity index (χ4v) is 2.16. The summed E-state index contributed by atoms with van der Waals surface area (Å²) in [6, 6.07) is 12.7. The van der Waals surface area contributed by atoms with E-state index in [1.54, 1.807) is 12.1 Å². The first kappa shape index (κ1) is 12.4. The summed E-state index contributed by atoms with van der Waals surface area (Å²) in [4.78, 5) is 0. The largest absolute Gasteiger partial charge is 0.384 e.